The second-order valence-electron chi connectivity index (χ2n) is 5.90. The van der Waals surface area contributed by atoms with Crippen LogP contribution in [-0.4, -0.2) is 50.3 Å². The summed E-state index contributed by atoms with van der Waals surface area (Å²) in [7, 11) is 0. The van der Waals surface area contributed by atoms with E-state index in [2.05, 4.69) is 22.6 Å². The Balaban J connectivity index is 1.88. The van der Waals surface area contributed by atoms with Crippen molar-refractivity contribution in [2.45, 2.75) is 54.7 Å². The fourth-order valence-electron chi connectivity index (χ4n) is 3.17. The van der Waals surface area contributed by atoms with Crippen molar-refractivity contribution < 1.29 is 10.0 Å². The fraction of sp³-hybridized carbons (Fsp3) is 0.923. The van der Waals surface area contributed by atoms with Crippen LogP contribution in [0.4, 0.5) is 0 Å². The van der Waals surface area contributed by atoms with Crippen LogP contribution in [0.1, 0.15) is 38.5 Å². The van der Waals surface area contributed by atoms with E-state index < -0.39 is 6.04 Å². The first kappa shape index (κ1) is 16.6. The van der Waals surface area contributed by atoms with Crippen LogP contribution in [0.5, 0.6) is 0 Å². The van der Waals surface area contributed by atoms with Crippen molar-refractivity contribution >= 4 is 28.4 Å². The lowest BCUT2D eigenvalue weighted by atomic mass is 9.83. The predicted octanol–water partition coefficient (Wildman–Crippen LogP) is 1.49. The smallest absolute Gasteiger partial charge is 0.150 e. The Hall–Kier alpha value is 0.200. The van der Waals surface area contributed by atoms with Gasteiger partial charge in [-0.3, -0.25) is 14.9 Å². The van der Waals surface area contributed by atoms with Gasteiger partial charge in [0, 0.05) is 22.4 Å². The first-order chi connectivity index (χ1) is 9.49. The highest BCUT2D eigenvalue weighted by Gasteiger charge is 2.34. The number of nitrogens with zero attached hydrogens (tertiary/aromatic N) is 2. The Morgan fingerprint density at radius 3 is 2.80 bits per heavy atom. The highest BCUT2D eigenvalue weighted by molar-refractivity contribution is 14.1. The van der Waals surface area contributed by atoms with Gasteiger partial charge in [-0.1, -0.05) is 22.6 Å². The molecule has 1 aliphatic carbocycles. The topological polar surface area (TPSA) is 92.9 Å². The lowest BCUT2D eigenvalue weighted by molar-refractivity contribution is -0.130. The van der Waals surface area contributed by atoms with Gasteiger partial charge in [-0.15, -0.1) is 0 Å². The molecule has 0 aromatic rings. The molecule has 3 N–H and O–H groups in total. The first-order valence-electron chi connectivity index (χ1n) is 7.30. The molecule has 116 valence electrons. The third kappa shape index (κ3) is 4.11. The van der Waals surface area contributed by atoms with E-state index in [1.165, 1.54) is 0 Å². The second-order valence-corrected chi connectivity index (χ2v) is 7.50. The highest BCUT2D eigenvalue weighted by Crippen LogP contribution is 2.32. The molecule has 0 amide bonds. The van der Waals surface area contributed by atoms with Gasteiger partial charge in [-0.25, -0.2) is 0 Å². The van der Waals surface area contributed by atoms with Crippen LogP contribution in [0.15, 0.2) is 0 Å². The van der Waals surface area contributed by atoms with Gasteiger partial charge in [0.25, 0.3) is 0 Å². The number of carbonyl (C=O) groups is 1. The van der Waals surface area contributed by atoms with Gasteiger partial charge in [0.05, 0.1) is 12.7 Å². The number of ketones is 1. The van der Waals surface area contributed by atoms with E-state index in [0.29, 0.717) is 13.0 Å². The third-order valence-electron chi connectivity index (χ3n) is 4.50. The van der Waals surface area contributed by atoms with Crippen LogP contribution >= 0.6 is 22.6 Å². The van der Waals surface area contributed by atoms with Crippen molar-refractivity contribution in [3.63, 3.8) is 0 Å². The number of nitrogens with two attached hydrogens (primary N) is 1. The van der Waals surface area contributed by atoms with Gasteiger partial charge >= 0.3 is 0 Å². The lowest BCUT2D eigenvalue weighted by Gasteiger charge is -2.41. The lowest BCUT2D eigenvalue weighted by Crippen LogP contribution is -2.49. The molecule has 1 aliphatic heterocycles. The van der Waals surface area contributed by atoms with E-state index in [1.54, 1.807) is 0 Å². The molecule has 20 heavy (non-hydrogen) atoms. The van der Waals surface area contributed by atoms with Gasteiger partial charge in [-0.05, 0) is 38.5 Å². The van der Waals surface area contributed by atoms with Crippen molar-refractivity contribution in [2.75, 3.05) is 13.1 Å². The maximum Gasteiger partial charge on any atom is 0.150 e. The van der Waals surface area contributed by atoms with Crippen LogP contribution in [0.2, 0.25) is 0 Å². The van der Waals surface area contributed by atoms with E-state index in [0.717, 1.165) is 38.6 Å². The SMILES string of the molecule is NC1CCCCN1CC(=O)C1CCC(I)C(N([O-])O)C1. The van der Waals surface area contributed by atoms with Gasteiger partial charge in [0.15, 0.2) is 0 Å². The number of piperidine rings is 1. The molecule has 2 rings (SSSR count). The molecule has 2 aliphatic rings. The van der Waals surface area contributed by atoms with Gasteiger partial charge < -0.3 is 16.1 Å². The van der Waals surface area contributed by atoms with Gasteiger partial charge in [-0.2, -0.15) is 0 Å². The molecule has 0 spiro atoms. The average molecular weight is 396 g/mol. The Morgan fingerprint density at radius 2 is 2.15 bits per heavy atom. The van der Waals surface area contributed by atoms with E-state index in [-0.39, 0.29) is 27.0 Å². The monoisotopic (exact) mass is 396 g/mol. The van der Waals surface area contributed by atoms with Crippen molar-refractivity contribution in [1.29, 1.82) is 0 Å². The van der Waals surface area contributed by atoms with Crippen molar-refractivity contribution in [3.05, 3.63) is 5.21 Å². The summed E-state index contributed by atoms with van der Waals surface area (Å²) in [6.45, 7) is 1.26. The van der Waals surface area contributed by atoms with E-state index in [9.17, 15) is 10.0 Å². The number of rotatable bonds is 4. The summed E-state index contributed by atoms with van der Waals surface area (Å²) < 4.78 is 0.108. The Morgan fingerprint density at radius 1 is 1.40 bits per heavy atom. The van der Waals surface area contributed by atoms with Crippen molar-refractivity contribution in [1.82, 2.24) is 10.1 Å². The molecule has 1 saturated carbocycles. The first-order valence-corrected chi connectivity index (χ1v) is 8.55. The molecule has 0 bridgehead atoms. The molecule has 2 fully saturated rings. The number of Topliss-reactive ketones (excluding diaryl/α,β-unsaturated/α-hetero) is 1. The average Bonchev–Trinajstić information content (AvgIpc) is 2.41. The summed E-state index contributed by atoms with van der Waals surface area (Å²) in [6, 6.07) is -0.465. The number of hydrogen-bond acceptors (Lipinski definition) is 6. The molecular formula is C13H23IN3O3-. The number of hydroxylamine groups is 2. The quantitative estimate of drug-likeness (QED) is 0.425. The van der Waals surface area contributed by atoms with Gasteiger partial charge in [0.1, 0.15) is 5.78 Å². The molecule has 0 aromatic carbocycles. The number of likely N-dealkylation sites (tertiary alicyclic amines) is 1. The summed E-state index contributed by atoms with van der Waals surface area (Å²) in [5, 5.41) is 20.3. The number of alkyl halides is 1. The van der Waals surface area contributed by atoms with Crippen LogP contribution in [0, 0.1) is 11.1 Å². The molecule has 1 heterocycles. The van der Waals surface area contributed by atoms with E-state index in [1.807, 2.05) is 4.90 Å². The molecule has 4 atom stereocenters. The minimum atomic E-state index is -0.465. The minimum Gasteiger partial charge on any atom is -0.762 e. The maximum atomic E-state index is 12.4. The largest absolute Gasteiger partial charge is 0.762 e. The van der Waals surface area contributed by atoms with Crippen LogP contribution in [0.25, 0.3) is 0 Å². The van der Waals surface area contributed by atoms with E-state index in [4.69, 9.17) is 10.9 Å². The Bertz CT molecular complexity index is 343. The third-order valence-corrected chi connectivity index (χ3v) is 5.95. The normalized spacial score (nSPS) is 36.2. The summed E-state index contributed by atoms with van der Waals surface area (Å²) in [5.74, 6) is 0.0428. The zero-order valence-electron chi connectivity index (χ0n) is 11.6. The molecule has 0 aromatic heterocycles. The second kappa shape index (κ2) is 7.46. The van der Waals surface area contributed by atoms with Crippen LogP contribution < -0.4 is 5.73 Å². The molecule has 7 heteroatoms. The number of halogens is 1. The molecular weight excluding hydrogens is 373 g/mol. The Labute approximate surface area is 133 Å². The fourth-order valence-corrected chi connectivity index (χ4v) is 4.10. The molecule has 6 nitrogen and oxygen atoms in total. The van der Waals surface area contributed by atoms with Gasteiger partial charge in [0.2, 0.25) is 0 Å². The molecule has 0 radical (unpaired) electrons. The van der Waals surface area contributed by atoms with E-state index >= 15 is 0 Å². The zero-order chi connectivity index (χ0) is 14.7. The predicted molar refractivity (Wildman–Crippen MR) is 84.3 cm³/mol. The van der Waals surface area contributed by atoms with Crippen LogP contribution in [0.3, 0.4) is 0 Å². The Kier molecular flexibility index (Phi) is 6.18. The number of hydrogen-bond donors (Lipinski definition) is 2. The van der Waals surface area contributed by atoms with Crippen molar-refractivity contribution in [2.24, 2.45) is 11.7 Å². The summed E-state index contributed by atoms with van der Waals surface area (Å²) in [6.07, 6.45) is 5.21. The maximum absolute atomic E-state index is 12.4. The van der Waals surface area contributed by atoms with Crippen LogP contribution in [-0.2, 0) is 4.79 Å². The molecule has 1 saturated heterocycles. The molecule has 4 unspecified atom stereocenters. The zero-order valence-corrected chi connectivity index (χ0v) is 13.7. The summed E-state index contributed by atoms with van der Waals surface area (Å²) >= 11 is 2.18. The highest BCUT2D eigenvalue weighted by atomic mass is 127. The number of carbonyl (C=O) groups excluding carboxylic acids is 1. The summed E-state index contributed by atoms with van der Waals surface area (Å²) in [4.78, 5) is 14.4. The standard InChI is InChI=1S/C13H23IN3O3/c14-10-5-4-9(7-11(10)17(19)20)12(18)8-16-6-2-1-3-13(16)15/h9-11,13,19H,1-8,15H2/q-1. The summed E-state index contributed by atoms with van der Waals surface area (Å²) in [5.41, 5.74) is 6.03. The van der Waals surface area contributed by atoms with Crippen molar-refractivity contribution in [3.8, 4) is 0 Å². The minimum absolute atomic E-state index is 0.0155.